The van der Waals surface area contributed by atoms with Gasteiger partial charge in [-0.2, -0.15) is 0 Å². The van der Waals surface area contributed by atoms with E-state index in [4.69, 9.17) is 23.7 Å². The lowest BCUT2D eigenvalue weighted by molar-refractivity contribution is -0.410. The topological polar surface area (TPSA) is 90.9 Å². The summed E-state index contributed by atoms with van der Waals surface area (Å²) in [5, 5.41) is 0. The Bertz CT molecular complexity index is 814. The molecule has 1 saturated heterocycles. The first-order valence-corrected chi connectivity index (χ1v) is 10.1. The van der Waals surface area contributed by atoms with E-state index >= 15 is 0 Å². The van der Waals surface area contributed by atoms with Gasteiger partial charge in [0, 0.05) is 6.42 Å². The Morgan fingerprint density at radius 2 is 1.32 bits per heavy atom. The van der Waals surface area contributed by atoms with E-state index in [1.54, 1.807) is 14.2 Å². The molecular formula is C23H30ClNO6. The summed E-state index contributed by atoms with van der Waals surface area (Å²) in [6.07, 6.45) is 0.816. The first-order chi connectivity index (χ1) is 14.5. The van der Waals surface area contributed by atoms with Gasteiger partial charge >= 0.3 is 5.97 Å². The second kappa shape index (κ2) is 11.7. The summed E-state index contributed by atoms with van der Waals surface area (Å²) in [4.78, 5) is 12.3. The van der Waals surface area contributed by atoms with Crippen molar-refractivity contribution in [3.05, 3.63) is 48.5 Å². The highest BCUT2D eigenvalue weighted by Crippen LogP contribution is 2.27. The van der Waals surface area contributed by atoms with Gasteiger partial charge in [-0.25, -0.2) is 4.79 Å². The SMILES string of the molecule is COc1ccc(O[C@H]2[C@H](C)OC(=O)[C@@H]([NH3+])CCC[C@@H]2Oc2ccc(OC)cc2)cc1.[Cl-]. The summed E-state index contributed by atoms with van der Waals surface area (Å²) in [5.74, 6) is 2.54. The van der Waals surface area contributed by atoms with Crippen LogP contribution in [0.1, 0.15) is 26.2 Å². The molecular weight excluding hydrogens is 422 g/mol. The molecule has 0 unspecified atom stereocenters. The lowest BCUT2D eigenvalue weighted by Gasteiger charge is -2.31. The average Bonchev–Trinajstić information content (AvgIpc) is 2.81. The minimum Gasteiger partial charge on any atom is -1.00 e. The summed E-state index contributed by atoms with van der Waals surface area (Å²) in [6.45, 7) is 1.83. The van der Waals surface area contributed by atoms with Gasteiger partial charge in [-0.05, 0) is 68.3 Å². The molecule has 1 aliphatic rings. The van der Waals surface area contributed by atoms with Gasteiger partial charge in [0.05, 0.1) is 14.2 Å². The maximum Gasteiger partial charge on any atom is 0.365 e. The van der Waals surface area contributed by atoms with Crippen molar-refractivity contribution in [2.75, 3.05) is 14.2 Å². The summed E-state index contributed by atoms with van der Waals surface area (Å²) in [7, 11) is 3.24. The van der Waals surface area contributed by atoms with Crippen molar-refractivity contribution in [2.24, 2.45) is 0 Å². The third-order valence-electron chi connectivity index (χ3n) is 5.18. The fourth-order valence-electron chi connectivity index (χ4n) is 3.43. The van der Waals surface area contributed by atoms with Crippen LogP contribution in [0.3, 0.4) is 0 Å². The molecule has 1 heterocycles. The van der Waals surface area contributed by atoms with Gasteiger partial charge in [-0.1, -0.05) is 0 Å². The summed E-state index contributed by atoms with van der Waals surface area (Å²) in [6, 6.07) is 14.3. The van der Waals surface area contributed by atoms with E-state index in [0.29, 0.717) is 24.3 Å². The molecule has 7 nitrogen and oxygen atoms in total. The molecule has 1 fully saturated rings. The number of carbonyl (C=O) groups is 1. The maximum atomic E-state index is 12.3. The molecule has 170 valence electrons. The van der Waals surface area contributed by atoms with Crippen LogP contribution in [0.25, 0.3) is 0 Å². The molecule has 31 heavy (non-hydrogen) atoms. The Morgan fingerprint density at radius 1 is 0.839 bits per heavy atom. The first kappa shape index (κ1) is 24.6. The van der Waals surface area contributed by atoms with Gasteiger partial charge in [0.15, 0.2) is 12.1 Å². The Morgan fingerprint density at radius 3 is 1.84 bits per heavy atom. The number of quaternary nitrogens is 1. The Balaban J connectivity index is 0.00000341. The molecule has 0 spiro atoms. The Hall–Kier alpha value is -2.64. The number of hydrogen-bond acceptors (Lipinski definition) is 6. The highest BCUT2D eigenvalue weighted by Gasteiger charge is 2.36. The number of carbonyl (C=O) groups excluding carboxylic acids is 1. The number of esters is 1. The summed E-state index contributed by atoms with van der Waals surface area (Å²) >= 11 is 0. The van der Waals surface area contributed by atoms with E-state index in [0.717, 1.165) is 17.9 Å². The third-order valence-corrected chi connectivity index (χ3v) is 5.18. The van der Waals surface area contributed by atoms with Crippen LogP contribution in [0.2, 0.25) is 0 Å². The van der Waals surface area contributed by atoms with Gasteiger partial charge in [0.2, 0.25) is 0 Å². The summed E-state index contributed by atoms with van der Waals surface area (Å²) in [5.41, 5.74) is 3.93. The van der Waals surface area contributed by atoms with Crippen molar-refractivity contribution < 1.29 is 46.6 Å². The van der Waals surface area contributed by atoms with Crippen LogP contribution >= 0.6 is 0 Å². The zero-order valence-corrected chi connectivity index (χ0v) is 18.8. The zero-order valence-electron chi connectivity index (χ0n) is 18.1. The number of ether oxygens (including phenoxy) is 5. The van der Waals surface area contributed by atoms with Crippen molar-refractivity contribution in [1.82, 2.24) is 0 Å². The van der Waals surface area contributed by atoms with Crippen LogP contribution in [-0.4, -0.2) is 44.5 Å². The highest BCUT2D eigenvalue weighted by atomic mass is 35.5. The minimum atomic E-state index is -0.509. The molecule has 2 aromatic carbocycles. The quantitative estimate of drug-likeness (QED) is 0.603. The predicted molar refractivity (Wildman–Crippen MR) is 111 cm³/mol. The molecule has 0 aliphatic carbocycles. The molecule has 0 saturated carbocycles. The molecule has 1 aliphatic heterocycles. The second-order valence-electron chi connectivity index (χ2n) is 7.36. The first-order valence-electron chi connectivity index (χ1n) is 10.1. The molecule has 0 radical (unpaired) electrons. The van der Waals surface area contributed by atoms with Gasteiger partial charge in [0.25, 0.3) is 0 Å². The normalized spacial score (nSPS) is 23.8. The van der Waals surface area contributed by atoms with Crippen molar-refractivity contribution in [1.29, 1.82) is 0 Å². The van der Waals surface area contributed by atoms with Crippen LogP contribution in [-0.2, 0) is 9.53 Å². The molecule has 0 amide bonds. The van der Waals surface area contributed by atoms with Gasteiger partial charge in [-0.3, -0.25) is 0 Å². The van der Waals surface area contributed by atoms with E-state index in [1.807, 2.05) is 55.5 Å². The fourth-order valence-corrected chi connectivity index (χ4v) is 3.43. The summed E-state index contributed by atoms with van der Waals surface area (Å²) < 4.78 is 28.7. The van der Waals surface area contributed by atoms with Gasteiger partial charge < -0.3 is 41.8 Å². The average molecular weight is 452 g/mol. The standard InChI is InChI=1S/C23H29NO6.ClH/c1-15-22(30-19-13-9-17(27-3)10-14-19)21(6-4-5-20(24)23(25)28-15)29-18-11-7-16(26-2)8-12-18;/h7-15,20-22H,4-6,24H2,1-3H3;1H/t15-,20-,21-,22-;/m0./s1. The highest BCUT2D eigenvalue weighted by molar-refractivity contribution is 5.74. The number of rotatable bonds is 6. The molecule has 0 aromatic heterocycles. The molecule has 8 heteroatoms. The lowest BCUT2D eigenvalue weighted by atomic mass is 10.0. The van der Waals surface area contributed by atoms with Crippen LogP contribution in [0.15, 0.2) is 48.5 Å². The van der Waals surface area contributed by atoms with Crippen LogP contribution in [0.4, 0.5) is 0 Å². The van der Waals surface area contributed by atoms with Crippen molar-refractivity contribution in [2.45, 2.75) is 50.5 Å². The van der Waals surface area contributed by atoms with E-state index in [1.165, 1.54) is 0 Å². The van der Waals surface area contributed by atoms with Crippen molar-refractivity contribution in [3.63, 3.8) is 0 Å². The number of benzene rings is 2. The zero-order chi connectivity index (χ0) is 21.5. The Kier molecular flexibility index (Phi) is 9.27. The minimum absolute atomic E-state index is 0. The van der Waals surface area contributed by atoms with Gasteiger partial charge in [0.1, 0.15) is 35.2 Å². The second-order valence-corrected chi connectivity index (χ2v) is 7.36. The number of methoxy groups -OCH3 is 2. The third kappa shape index (κ3) is 6.67. The van der Waals surface area contributed by atoms with E-state index in [2.05, 4.69) is 5.73 Å². The van der Waals surface area contributed by atoms with Gasteiger partial charge in [-0.15, -0.1) is 0 Å². The molecule has 0 bridgehead atoms. The number of hydrogen-bond donors (Lipinski definition) is 1. The maximum absolute atomic E-state index is 12.3. The largest absolute Gasteiger partial charge is 1.00 e. The lowest BCUT2D eigenvalue weighted by Crippen LogP contribution is -3.00. The van der Waals surface area contributed by atoms with Crippen molar-refractivity contribution in [3.8, 4) is 23.0 Å². The fraction of sp³-hybridized carbons (Fsp3) is 0.435. The molecule has 2 aromatic rings. The monoisotopic (exact) mass is 451 g/mol. The van der Waals surface area contributed by atoms with E-state index in [9.17, 15) is 4.79 Å². The van der Waals surface area contributed by atoms with E-state index < -0.39 is 18.2 Å². The molecule has 3 N–H and O–H groups in total. The van der Waals surface area contributed by atoms with Crippen LogP contribution in [0, 0.1) is 0 Å². The predicted octanol–water partition coefficient (Wildman–Crippen LogP) is -0.371. The van der Waals surface area contributed by atoms with Crippen LogP contribution < -0.4 is 37.1 Å². The number of halogens is 1. The van der Waals surface area contributed by atoms with E-state index in [-0.39, 0.29) is 24.5 Å². The van der Waals surface area contributed by atoms with Crippen LogP contribution in [0.5, 0.6) is 23.0 Å². The molecule has 4 atom stereocenters. The Labute approximate surface area is 189 Å². The number of cyclic esters (lactones) is 1. The smallest absolute Gasteiger partial charge is 0.365 e. The van der Waals surface area contributed by atoms with Crippen molar-refractivity contribution >= 4 is 5.97 Å². The molecule has 3 rings (SSSR count).